The molecule has 110 valence electrons. The van der Waals surface area contributed by atoms with Gasteiger partial charge in [-0.05, 0) is 37.1 Å². The second kappa shape index (κ2) is 4.39. The van der Waals surface area contributed by atoms with Crippen molar-refractivity contribution in [1.82, 2.24) is 9.97 Å². The van der Waals surface area contributed by atoms with Crippen LogP contribution in [-0.2, 0) is 0 Å². The van der Waals surface area contributed by atoms with E-state index in [1.54, 1.807) is 13.8 Å². The number of aromatic amines is 1. The Labute approximate surface area is 109 Å². The van der Waals surface area contributed by atoms with Crippen LogP contribution in [0.25, 0.3) is 11.0 Å². The molecule has 1 heterocycles. The predicted molar refractivity (Wildman–Crippen MR) is 60.4 cm³/mol. The van der Waals surface area contributed by atoms with Gasteiger partial charge in [0.25, 0.3) is 0 Å². The lowest BCUT2D eigenvalue weighted by Gasteiger charge is -2.20. The molecule has 0 atom stereocenters. The molecule has 2 rings (SSSR count). The maximum absolute atomic E-state index is 12.6. The number of rotatable bonds is 1. The molecule has 0 bridgehead atoms. The Morgan fingerprint density at radius 3 is 1.95 bits per heavy atom. The van der Waals surface area contributed by atoms with Gasteiger partial charge in [0.1, 0.15) is 5.82 Å². The summed E-state index contributed by atoms with van der Waals surface area (Å²) in [6.07, 6.45) is -10.9. The highest BCUT2D eigenvalue weighted by Crippen LogP contribution is 2.45. The number of imidazole rings is 1. The van der Waals surface area contributed by atoms with Crippen molar-refractivity contribution in [1.29, 1.82) is 0 Å². The molecule has 0 aliphatic rings. The van der Waals surface area contributed by atoms with E-state index in [-0.39, 0.29) is 11.0 Å². The van der Waals surface area contributed by atoms with Gasteiger partial charge in [0.2, 0.25) is 5.92 Å². The van der Waals surface area contributed by atoms with Crippen LogP contribution >= 0.6 is 0 Å². The van der Waals surface area contributed by atoms with E-state index in [9.17, 15) is 26.3 Å². The van der Waals surface area contributed by atoms with Gasteiger partial charge in [-0.2, -0.15) is 26.3 Å². The number of alkyl halides is 6. The molecule has 0 fully saturated rings. The van der Waals surface area contributed by atoms with Crippen molar-refractivity contribution in [3.05, 3.63) is 29.1 Å². The first-order valence-electron chi connectivity index (χ1n) is 5.60. The molecule has 1 aromatic carbocycles. The summed E-state index contributed by atoms with van der Waals surface area (Å²) in [5.74, 6) is -4.74. The number of hydrogen-bond acceptors (Lipinski definition) is 1. The molecule has 8 heteroatoms. The smallest absolute Gasteiger partial charge is 0.341 e. The molecule has 20 heavy (non-hydrogen) atoms. The summed E-state index contributed by atoms with van der Waals surface area (Å²) < 4.78 is 75.7. The molecule has 0 saturated carbocycles. The minimum absolute atomic E-state index is 0.0848. The molecule has 0 saturated heterocycles. The summed E-state index contributed by atoms with van der Waals surface area (Å²) >= 11 is 0. The van der Waals surface area contributed by atoms with Gasteiger partial charge in [-0.3, -0.25) is 0 Å². The normalized spacial score (nSPS) is 13.4. The summed E-state index contributed by atoms with van der Waals surface area (Å²) in [5.41, 5.74) is 1.73. The van der Waals surface area contributed by atoms with E-state index >= 15 is 0 Å². The van der Waals surface area contributed by atoms with Gasteiger partial charge < -0.3 is 4.98 Å². The fourth-order valence-electron chi connectivity index (χ4n) is 1.92. The first-order chi connectivity index (χ1) is 9.00. The second-order valence-electron chi connectivity index (χ2n) is 4.59. The van der Waals surface area contributed by atoms with Crippen LogP contribution in [0.1, 0.15) is 22.9 Å². The number of nitrogens with one attached hydrogen (secondary N) is 1. The lowest BCUT2D eigenvalue weighted by atomic mass is 10.1. The fourth-order valence-corrected chi connectivity index (χ4v) is 1.92. The number of H-pyrrole nitrogens is 1. The number of nitrogens with zero attached hydrogens (tertiary/aromatic N) is 1. The monoisotopic (exact) mass is 296 g/mol. The Bertz CT molecular complexity index is 585. The lowest BCUT2D eigenvalue weighted by Crippen LogP contribution is -2.34. The van der Waals surface area contributed by atoms with Crippen LogP contribution in [0.5, 0.6) is 0 Å². The average Bonchev–Trinajstić information content (AvgIpc) is 2.55. The van der Waals surface area contributed by atoms with Crippen molar-refractivity contribution in [2.75, 3.05) is 0 Å². The number of hydrogen-bond donors (Lipinski definition) is 1. The first kappa shape index (κ1) is 14.7. The van der Waals surface area contributed by atoms with Crippen LogP contribution < -0.4 is 0 Å². The minimum atomic E-state index is -5.45. The maximum Gasteiger partial charge on any atom is 0.407 e. The van der Waals surface area contributed by atoms with Gasteiger partial charge in [0.05, 0.1) is 11.0 Å². The third kappa shape index (κ3) is 2.59. The van der Waals surface area contributed by atoms with Crippen LogP contribution in [0.15, 0.2) is 12.1 Å². The number of fused-ring (bicyclic) bond motifs is 1. The summed E-state index contributed by atoms with van der Waals surface area (Å²) in [7, 11) is 0. The van der Waals surface area contributed by atoms with E-state index < -0.39 is 24.1 Å². The van der Waals surface area contributed by atoms with Crippen LogP contribution in [0, 0.1) is 13.8 Å². The molecule has 0 radical (unpaired) electrons. The zero-order valence-electron chi connectivity index (χ0n) is 10.4. The van der Waals surface area contributed by atoms with Crippen molar-refractivity contribution < 1.29 is 26.3 Å². The quantitative estimate of drug-likeness (QED) is 0.777. The Morgan fingerprint density at radius 2 is 1.45 bits per heavy atom. The summed E-state index contributed by atoms with van der Waals surface area (Å²) in [5, 5.41) is 0. The van der Waals surface area contributed by atoms with E-state index in [1.807, 2.05) is 0 Å². The Kier molecular flexibility index (Phi) is 3.22. The fraction of sp³-hybridized carbons (Fsp3) is 0.417. The molecule has 0 unspecified atom stereocenters. The maximum atomic E-state index is 12.6. The van der Waals surface area contributed by atoms with Gasteiger partial charge in [-0.1, -0.05) is 0 Å². The highest BCUT2D eigenvalue weighted by atomic mass is 19.4. The van der Waals surface area contributed by atoms with E-state index in [4.69, 9.17) is 0 Å². The van der Waals surface area contributed by atoms with Gasteiger partial charge in [0, 0.05) is 0 Å². The highest BCUT2D eigenvalue weighted by Gasteiger charge is 2.59. The number of aromatic nitrogens is 2. The molecule has 0 amide bonds. The van der Waals surface area contributed by atoms with Crippen molar-refractivity contribution >= 4 is 11.0 Å². The van der Waals surface area contributed by atoms with E-state index in [0.29, 0.717) is 0 Å². The van der Waals surface area contributed by atoms with E-state index in [1.165, 1.54) is 12.1 Å². The Hall–Kier alpha value is -1.73. The van der Waals surface area contributed by atoms with Gasteiger partial charge in [-0.15, -0.1) is 0 Å². The third-order valence-corrected chi connectivity index (χ3v) is 3.04. The standard InChI is InChI=1S/C12H10F6N2/c1-5-3-7-8(4-6(5)2)20-10(19-7)9(11(13,14)15)12(16,17)18/h3-4,9H,1-2H3,(H,19,20). The topological polar surface area (TPSA) is 28.7 Å². The van der Waals surface area contributed by atoms with E-state index in [2.05, 4.69) is 9.97 Å². The molecular formula is C12H10F6N2. The zero-order chi connectivity index (χ0) is 15.3. The minimum Gasteiger partial charge on any atom is -0.341 e. The SMILES string of the molecule is Cc1cc2nc(C(C(F)(F)F)C(F)(F)F)[nH]c2cc1C. The van der Waals surface area contributed by atoms with Crippen LogP contribution in [0.2, 0.25) is 0 Å². The average molecular weight is 296 g/mol. The summed E-state index contributed by atoms with van der Waals surface area (Å²) in [6.45, 7) is 3.41. The molecule has 1 aromatic heterocycles. The van der Waals surface area contributed by atoms with Crippen molar-refractivity contribution in [2.45, 2.75) is 32.1 Å². The third-order valence-electron chi connectivity index (χ3n) is 3.04. The zero-order valence-corrected chi connectivity index (χ0v) is 10.4. The van der Waals surface area contributed by atoms with Gasteiger partial charge in [-0.25, -0.2) is 4.98 Å². The Morgan fingerprint density at radius 1 is 0.950 bits per heavy atom. The van der Waals surface area contributed by atoms with Crippen LogP contribution in [0.4, 0.5) is 26.3 Å². The van der Waals surface area contributed by atoms with Crippen molar-refractivity contribution in [2.24, 2.45) is 0 Å². The summed E-state index contributed by atoms with van der Waals surface area (Å²) in [6, 6.07) is 2.93. The van der Waals surface area contributed by atoms with Crippen LogP contribution in [-0.4, -0.2) is 22.3 Å². The molecule has 2 aromatic rings. The molecule has 0 aliphatic carbocycles. The van der Waals surface area contributed by atoms with Crippen LogP contribution in [0.3, 0.4) is 0 Å². The number of aryl methyl sites for hydroxylation is 2. The number of benzene rings is 1. The molecule has 2 nitrogen and oxygen atoms in total. The van der Waals surface area contributed by atoms with E-state index in [0.717, 1.165) is 11.1 Å². The second-order valence-corrected chi connectivity index (χ2v) is 4.59. The lowest BCUT2D eigenvalue weighted by molar-refractivity contribution is -0.255. The largest absolute Gasteiger partial charge is 0.407 e. The first-order valence-corrected chi connectivity index (χ1v) is 5.60. The van der Waals surface area contributed by atoms with Gasteiger partial charge in [0.15, 0.2) is 0 Å². The van der Waals surface area contributed by atoms with Gasteiger partial charge >= 0.3 is 12.4 Å². The van der Waals surface area contributed by atoms with Crippen molar-refractivity contribution in [3.63, 3.8) is 0 Å². The molecule has 0 spiro atoms. The Balaban J connectivity index is 2.61. The predicted octanol–water partition coefficient (Wildman–Crippen LogP) is 4.39. The molecule has 0 aliphatic heterocycles. The molecule has 1 N–H and O–H groups in total. The summed E-state index contributed by atoms with van der Waals surface area (Å²) in [4.78, 5) is 5.58. The van der Waals surface area contributed by atoms with Crippen molar-refractivity contribution in [3.8, 4) is 0 Å². The molecular weight excluding hydrogens is 286 g/mol. The number of halogens is 6. The highest BCUT2D eigenvalue weighted by molar-refractivity contribution is 5.77.